The van der Waals surface area contributed by atoms with E-state index in [1.54, 1.807) is 18.2 Å². The van der Waals surface area contributed by atoms with Crippen LogP contribution in [0.1, 0.15) is 47.4 Å². The second kappa shape index (κ2) is 6.95. The Morgan fingerprint density at radius 2 is 1.79 bits per heavy atom. The van der Waals surface area contributed by atoms with Gasteiger partial charge in [0.15, 0.2) is 6.61 Å². The van der Waals surface area contributed by atoms with E-state index in [0.29, 0.717) is 11.1 Å². The average Bonchev–Trinajstić information content (AvgIpc) is 3.06. The zero-order valence-corrected chi connectivity index (χ0v) is 14.0. The highest BCUT2D eigenvalue weighted by Gasteiger charge is 2.18. The van der Waals surface area contributed by atoms with Gasteiger partial charge in [-0.25, -0.2) is 14.8 Å². The van der Waals surface area contributed by atoms with E-state index in [2.05, 4.69) is 15.3 Å². The van der Waals surface area contributed by atoms with Crippen LogP contribution in [0.5, 0.6) is 0 Å². The molecule has 0 aliphatic heterocycles. The van der Waals surface area contributed by atoms with Crippen molar-refractivity contribution in [3.8, 4) is 0 Å². The number of carbonyl (C=O) groups excluding carboxylic acids is 2. The van der Waals surface area contributed by atoms with Crippen molar-refractivity contribution in [2.75, 3.05) is 6.61 Å². The SMILES string of the molecule is Cc1nc2ccc(C(=O)OCC(=O)NC3CCCC3)cc2nc1C. The number of fused-ring (bicyclic) bond motifs is 1. The van der Waals surface area contributed by atoms with Crippen molar-refractivity contribution in [2.45, 2.75) is 45.6 Å². The van der Waals surface area contributed by atoms with Gasteiger partial charge in [-0.15, -0.1) is 0 Å². The molecule has 1 aliphatic rings. The van der Waals surface area contributed by atoms with Crippen LogP contribution in [-0.4, -0.2) is 34.5 Å². The molecule has 1 fully saturated rings. The Labute approximate surface area is 140 Å². The lowest BCUT2D eigenvalue weighted by molar-refractivity contribution is -0.124. The largest absolute Gasteiger partial charge is 0.452 e. The van der Waals surface area contributed by atoms with Gasteiger partial charge in [-0.1, -0.05) is 12.8 Å². The summed E-state index contributed by atoms with van der Waals surface area (Å²) in [5, 5.41) is 2.89. The van der Waals surface area contributed by atoms with Gasteiger partial charge in [0.1, 0.15) is 0 Å². The summed E-state index contributed by atoms with van der Waals surface area (Å²) in [6, 6.07) is 5.25. The molecule has 1 aromatic heterocycles. The molecule has 1 heterocycles. The molecular formula is C18H21N3O3. The fraction of sp³-hybridized carbons (Fsp3) is 0.444. The van der Waals surface area contributed by atoms with E-state index >= 15 is 0 Å². The molecule has 6 heteroatoms. The van der Waals surface area contributed by atoms with Crippen molar-refractivity contribution < 1.29 is 14.3 Å². The number of aryl methyl sites for hydroxylation is 2. The molecule has 24 heavy (non-hydrogen) atoms. The maximum absolute atomic E-state index is 12.1. The quantitative estimate of drug-likeness (QED) is 0.873. The first-order valence-corrected chi connectivity index (χ1v) is 8.24. The molecule has 1 aromatic carbocycles. The molecule has 0 radical (unpaired) electrons. The second-order valence-corrected chi connectivity index (χ2v) is 6.22. The van der Waals surface area contributed by atoms with E-state index in [1.807, 2.05) is 13.8 Å². The molecule has 1 amide bonds. The standard InChI is InChI=1S/C18H21N3O3/c1-11-12(2)20-16-9-13(7-8-15(16)19-11)18(23)24-10-17(22)21-14-5-3-4-6-14/h7-9,14H,3-6,10H2,1-2H3,(H,21,22). The topological polar surface area (TPSA) is 81.2 Å². The summed E-state index contributed by atoms with van der Waals surface area (Å²) in [4.78, 5) is 32.8. The van der Waals surface area contributed by atoms with Crippen molar-refractivity contribution in [3.05, 3.63) is 35.2 Å². The predicted octanol–water partition coefficient (Wildman–Crippen LogP) is 2.46. The summed E-state index contributed by atoms with van der Waals surface area (Å²) < 4.78 is 5.10. The number of amides is 1. The van der Waals surface area contributed by atoms with Crippen LogP contribution in [0.3, 0.4) is 0 Å². The van der Waals surface area contributed by atoms with E-state index in [0.717, 1.165) is 42.6 Å². The molecule has 126 valence electrons. The van der Waals surface area contributed by atoms with Crippen LogP contribution in [0.15, 0.2) is 18.2 Å². The summed E-state index contributed by atoms with van der Waals surface area (Å²) in [7, 11) is 0. The molecule has 6 nitrogen and oxygen atoms in total. The molecular weight excluding hydrogens is 306 g/mol. The summed E-state index contributed by atoms with van der Waals surface area (Å²) in [6.45, 7) is 3.51. The highest BCUT2D eigenvalue weighted by molar-refractivity contribution is 5.94. The summed E-state index contributed by atoms with van der Waals surface area (Å²) in [6.07, 6.45) is 4.28. The normalized spacial score (nSPS) is 14.8. The molecule has 0 unspecified atom stereocenters. The van der Waals surface area contributed by atoms with Crippen LogP contribution in [0.25, 0.3) is 11.0 Å². The van der Waals surface area contributed by atoms with Crippen molar-refractivity contribution >= 4 is 22.9 Å². The third kappa shape index (κ3) is 3.69. The highest BCUT2D eigenvalue weighted by Crippen LogP contribution is 2.18. The fourth-order valence-electron chi connectivity index (χ4n) is 2.91. The van der Waals surface area contributed by atoms with E-state index in [1.165, 1.54) is 0 Å². The van der Waals surface area contributed by atoms with Crippen LogP contribution in [0, 0.1) is 13.8 Å². The first kappa shape index (κ1) is 16.4. The fourth-order valence-corrected chi connectivity index (χ4v) is 2.91. The minimum atomic E-state index is -0.529. The predicted molar refractivity (Wildman–Crippen MR) is 89.7 cm³/mol. The highest BCUT2D eigenvalue weighted by atomic mass is 16.5. The Morgan fingerprint density at radius 1 is 1.12 bits per heavy atom. The van der Waals surface area contributed by atoms with Crippen molar-refractivity contribution in [2.24, 2.45) is 0 Å². The summed E-state index contributed by atoms with van der Waals surface area (Å²) >= 11 is 0. The van der Waals surface area contributed by atoms with E-state index < -0.39 is 5.97 Å². The molecule has 1 N–H and O–H groups in total. The summed E-state index contributed by atoms with van der Waals surface area (Å²) in [5.74, 6) is -0.777. The number of aromatic nitrogens is 2. The minimum absolute atomic E-state index is 0.221. The number of nitrogens with one attached hydrogen (secondary N) is 1. The monoisotopic (exact) mass is 327 g/mol. The van der Waals surface area contributed by atoms with Gasteiger partial charge in [-0.2, -0.15) is 0 Å². The van der Waals surface area contributed by atoms with Crippen LogP contribution in [-0.2, 0) is 9.53 Å². The van der Waals surface area contributed by atoms with Gasteiger partial charge in [-0.3, -0.25) is 4.79 Å². The van der Waals surface area contributed by atoms with Gasteiger partial charge in [0.05, 0.1) is 28.0 Å². The number of ether oxygens (including phenoxy) is 1. The Hall–Kier alpha value is -2.50. The van der Waals surface area contributed by atoms with Gasteiger partial charge in [0.2, 0.25) is 0 Å². The van der Waals surface area contributed by atoms with Crippen LogP contribution in [0.4, 0.5) is 0 Å². The lowest BCUT2D eigenvalue weighted by Gasteiger charge is -2.12. The molecule has 1 aliphatic carbocycles. The minimum Gasteiger partial charge on any atom is -0.452 e. The number of carbonyl (C=O) groups is 2. The van der Waals surface area contributed by atoms with Gasteiger partial charge in [0.25, 0.3) is 5.91 Å². The molecule has 3 rings (SSSR count). The number of hydrogen-bond acceptors (Lipinski definition) is 5. The Morgan fingerprint density at radius 3 is 2.50 bits per heavy atom. The van der Waals surface area contributed by atoms with Gasteiger partial charge < -0.3 is 10.1 Å². The van der Waals surface area contributed by atoms with E-state index in [4.69, 9.17) is 4.74 Å². The Bertz CT molecular complexity index is 782. The van der Waals surface area contributed by atoms with E-state index in [-0.39, 0.29) is 18.6 Å². The lowest BCUT2D eigenvalue weighted by Crippen LogP contribution is -2.35. The summed E-state index contributed by atoms with van der Waals surface area (Å²) in [5.41, 5.74) is 3.43. The van der Waals surface area contributed by atoms with Gasteiger partial charge in [0, 0.05) is 6.04 Å². The Balaban J connectivity index is 1.63. The first-order valence-electron chi connectivity index (χ1n) is 8.24. The van der Waals surface area contributed by atoms with Crippen LogP contribution < -0.4 is 5.32 Å². The number of rotatable bonds is 4. The zero-order valence-electron chi connectivity index (χ0n) is 14.0. The lowest BCUT2D eigenvalue weighted by atomic mass is 10.2. The van der Waals surface area contributed by atoms with Gasteiger partial charge in [-0.05, 0) is 44.9 Å². The molecule has 0 saturated heterocycles. The zero-order chi connectivity index (χ0) is 17.1. The molecule has 2 aromatic rings. The third-order valence-electron chi connectivity index (χ3n) is 4.37. The first-order chi connectivity index (χ1) is 11.5. The third-order valence-corrected chi connectivity index (χ3v) is 4.37. The van der Waals surface area contributed by atoms with Crippen molar-refractivity contribution in [3.63, 3.8) is 0 Å². The number of nitrogens with zero attached hydrogens (tertiary/aromatic N) is 2. The maximum Gasteiger partial charge on any atom is 0.338 e. The average molecular weight is 327 g/mol. The van der Waals surface area contributed by atoms with Gasteiger partial charge >= 0.3 is 5.97 Å². The van der Waals surface area contributed by atoms with E-state index in [9.17, 15) is 9.59 Å². The smallest absolute Gasteiger partial charge is 0.338 e. The second-order valence-electron chi connectivity index (χ2n) is 6.22. The van der Waals surface area contributed by atoms with Crippen LogP contribution in [0.2, 0.25) is 0 Å². The van der Waals surface area contributed by atoms with Crippen molar-refractivity contribution in [1.29, 1.82) is 0 Å². The molecule has 0 bridgehead atoms. The number of benzene rings is 1. The molecule has 0 spiro atoms. The number of hydrogen-bond donors (Lipinski definition) is 1. The number of esters is 1. The maximum atomic E-state index is 12.1. The van der Waals surface area contributed by atoms with Crippen LogP contribution >= 0.6 is 0 Å². The molecule has 1 saturated carbocycles. The Kier molecular flexibility index (Phi) is 4.74. The van der Waals surface area contributed by atoms with Crippen molar-refractivity contribution in [1.82, 2.24) is 15.3 Å². The molecule has 0 atom stereocenters.